The fraction of sp³-hybridized carbons (Fsp3) is 0.200. The van der Waals surface area contributed by atoms with Crippen molar-refractivity contribution in [1.29, 1.82) is 0 Å². The van der Waals surface area contributed by atoms with Crippen molar-refractivity contribution in [3.05, 3.63) is 57.6 Å². The van der Waals surface area contributed by atoms with E-state index in [-0.39, 0.29) is 11.1 Å². The van der Waals surface area contributed by atoms with Gasteiger partial charge >= 0.3 is 11.9 Å². The molecule has 8 nitrogen and oxygen atoms in total. The van der Waals surface area contributed by atoms with Crippen LogP contribution in [0.5, 0.6) is 11.5 Å². The highest BCUT2D eigenvalue weighted by Gasteiger charge is 2.41. The molecule has 0 saturated carbocycles. The van der Waals surface area contributed by atoms with Gasteiger partial charge in [-0.05, 0) is 13.8 Å². The Hall–Kier alpha value is -3.68. The zero-order valence-electron chi connectivity index (χ0n) is 14.9. The van der Waals surface area contributed by atoms with Crippen LogP contribution in [0.2, 0.25) is 0 Å². The van der Waals surface area contributed by atoms with Crippen LogP contribution in [0.15, 0.2) is 24.3 Å². The predicted molar refractivity (Wildman–Crippen MR) is 95.2 cm³/mol. The second-order valence-electron chi connectivity index (χ2n) is 6.60. The Kier molecular flexibility index (Phi) is 4.42. The number of carboxylic acids is 2. The van der Waals surface area contributed by atoms with Crippen molar-refractivity contribution in [3.8, 4) is 11.5 Å². The molecular weight excluding hydrogens is 368 g/mol. The number of carboxylic acid groups (broad SMARTS) is 2. The summed E-state index contributed by atoms with van der Waals surface area (Å²) in [6, 6.07) is 5.80. The van der Waals surface area contributed by atoms with Gasteiger partial charge in [0, 0.05) is 22.3 Å². The van der Waals surface area contributed by atoms with Crippen LogP contribution in [0.3, 0.4) is 0 Å². The van der Waals surface area contributed by atoms with Crippen LogP contribution >= 0.6 is 0 Å². The van der Waals surface area contributed by atoms with Crippen molar-refractivity contribution in [1.82, 2.24) is 0 Å². The number of rotatable bonds is 4. The summed E-state index contributed by atoms with van der Waals surface area (Å²) >= 11 is 0. The fourth-order valence-electron chi connectivity index (χ4n) is 3.48. The van der Waals surface area contributed by atoms with Gasteiger partial charge in [0.1, 0.15) is 11.5 Å². The molecule has 0 spiro atoms. The summed E-state index contributed by atoms with van der Waals surface area (Å²) in [6.07, 6.45) is 0. The van der Waals surface area contributed by atoms with E-state index in [4.69, 9.17) is 0 Å². The third kappa shape index (κ3) is 2.53. The van der Waals surface area contributed by atoms with Crippen molar-refractivity contribution in [2.75, 3.05) is 0 Å². The highest BCUT2D eigenvalue weighted by atomic mass is 16.4. The molecule has 1 aliphatic carbocycles. The SMILES string of the molecule is CC(C(=O)O)c1c(O)c2c(c(O)c1C(C)C(=O)O)C(=O)c1ccccc1C2=O. The molecule has 8 heteroatoms. The molecule has 0 saturated heterocycles. The lowest BCUT2D eigenvalue weighted by atomic mass is 9.76. The first-order valence-electron chi connectivity index (χ1n) is 8.35. The van der Waals surface area contributed by atoms with E-state index in [1.54, 1.807) is 0 Å². The molecule has 0 aromatic heterocycles. The van der Waals surface area contributed by atoms with Gasteiger partial charge < -0.3 is 20.4 Å². The number of aliphatic carboxylic acids is 2. The van der Waals surface area contributed by atoms with E-state index in [1.807, 2.05) is 0 Å². The average molecular weight is 384 g/mol. The summed E-state index contributed by atoms with van der Waals surface area (Å²) in [5, 5.41) is 40.3. The van der Waals surface area contributed by atoms with Gasteiger partial charge in [-0.3, -0.25) is 19.2 Å². The smallest absolute Gasteiger partial charge is 0.310 e. The lowest BCUT2D eigenvalue weighted by Crippen LogP contribution is -2.25. The van der Waals surface area contributed by atoms with Crippen molar-refractivity contribution in [2.45, 2.75) is 25.7 Å². The van der Waals surface area contributed by atoms with Gasteiger partial charge in [-0.2, -0.15) is 0 Å². The van der Waals surface area contributed by atoms with E-state index in [0.29, 0.717) is 0 Å². The van der Waals surface area contributed by atoms with Crippen LogP contribution in [0.25, 0.3) is 0 Å². The number of fused-ring (bicyclic) bond motifs is 2. The van der Waals surface area contributed by atoms with Crippen LogP contribution in [0, 0.1) is 0 Å². The topological polar surface area (TPSA) is 149 Å². The molecule has 0 heterocycles. The Labute approximate surface area is 158 Å². The Balaban J connectivity index is 2.47. The number of hydrogen-bond acceptors (Lipinski definition) is 6. The molecule has 0 fully saturated rings. The quantitative estimate of drug-likeness (QED) is 0.500. The fourth-order valence-corrected chi connectivity index (χ4v) is 3.48. The summed E-state index contributed by atoms with van der Waals surface area (Å²) in [5.74, 6) is -8.80. The summed E-state index contributed by atoms with van der Waals surface area (Å²) < 4.78 is 0. The van der Waals surface area contributed by atoms with Crippen molar-refractivity contribution in [2.24, 2.45) is 0 Å². The number of aromatic hydroxyl groups is 2. The summed E-state index contributed by atoms with van der Waals surface area (Å²) in [7, 11) is 0. The molecule has 0 aliphatic heterocycles. The molecule has 0 radical (unpaired) electrons. The predicted octanol–water partition coefficient (Wildman–Crippen LogP) is 2.25. The molecule has 2 atom stereocenters. The Bertz CT molecular complexity index is 982. The molecule has 1 aliphatic rings. The standard InChI is InChI=1S/C20H16O8/c1-7(19(25)26)11-12(8(2)20(27)28)18(24)14-13(17(11)23)15(21)9-5-3-4-6-10(9)16(14)22/h3-8,23-24H,1-2H3,(H,25,26)(H,27,28). The molecule has 4 N–H and O–H groups in total. The molecule has 0 bridgehead atoms. The van der Waals surface area contributed by atoms with Crippen LogP contribution < -0.4 is 0 Å². The molecule has 28 heavy (non-hydrogen) atoms. The van der Waals surface area contributed by atoms with E-state index in [9.17, 15) is 39.6 Å². The molecule has 2 unspecified atom stereocenters. The third-order valence-electron chi connectivity index (χ3n) is 5.00. The van der Waals surface area contributed by atoms with Gasteiger partial charge in [0.05, 0.1) is 23.0 Å². The van der Waals surface area contributed by atoms with E-state index < -0.39 is 69.1 Å². The highest BCUT2D eigenvalue weighted by Crippen LogP contribution is 2.48. The largest absolute Gasteiger partial charge is 0.507 e. The number of ketones is 2. The number of phenols is 2. The van der Waals surface area contributed by atoms with Gasteiger partial charge in [0.25, 0.3) is 0 Å². The van der Waals surface area contributed by atoms with Crippen molar-refractivity contribution < 1.29 is 39.6 Å². The summed E-state index contributed by atoms with van der Waals surface area (Å²) in [5.41, 5.74) is -1.85. The molecule has 2 aromatic rings. The lowest BCUT2D eigenvalue weighted by molar-refractivity contribution is -0.140. The van der Waals surface area contributed by atoms with E-state index in [0.717, 1.165) is 0 Å². The van der Waals surface area contributed by atoms with E-state index in [2.05, 4.69) is 0 Å². The number of phenolic OH excluding ortho intramolecular Hbond substituents is 2. The lowest BCUT2D eigenvalue weighted by Gasteiger charge is -2.26. The Morgan fingerprint density at radius 1 is 0.750 bits per heavy atom. The third-order valence-corrected chi connectivity index (χ3v) is 5.00. The van der Waals surface area contributed by atoms with Gasteiger partial charge in [-0.15, -0.1) is 0 Å². The summed E-state index contributed by atoms with van der Waals surface area (Å²) in [4.78, 5) is 48.9. The minimum Gasteiger partial charge on any atom is -0.507 e. The van der Waals surface area contributed by atoms with E-state index in [1.165, 1.54) is 38.1 Å². The molecular formula is C20H16O8. The molecule has 144 valence electrons. The summed E-state index contributed by atoms with van der Waals surface area (Å²) in [6.45, 7) is 2.37. The maximum absolute atomic E-state index is 12.9. The minimum atomic E-state index is -1.44. The van der Waals surface area contributed by atoms with Crippen molar-refractivity contribution >= 4 is 23.5 Å². The van der Waals surface area contributed by atoms with E-state index >= 15 is 0 Å². The number of carbonyl (C=O) groups is 4. The highest BCUT2D eigenvalue weighted by molar-refractivity contribution is 6.30. The average Bonchev–Trinajstić information content (AvgIpc) is 2.65. The van der Waals surface area contributed by atoms with Crippen LogP contribution in [-0.4, -0.2) is 43.9 Å². The minimum absolute atomic E-state index is 0.00246. The van der Waals surface area contributed by atoms with Crippen LogP contribution in [0.1, 0.15) is 68.7 Å². The van der Waals surface area contributed by atoms with Gasteiger partial charge in [0.15, 0.2) is 11.6 Å². The van der Waals surface area contributed by atoms with Crippen LogP contribution in [-0.2, 0) is 9.59 Å². The first-order chi connectivity index (χ1) is 13.1. The maximum Gasteiger partial charge on any atom is 0.310 e. The number of benzene rings is 2. The first kappa shape index (κ1) is 19.1. The molecule has 2 aromatic carbocycles. The van der Waals surface area contributed by atoms with Crippen LogP contribution in [0.4, 0.5) is 0 Å². The number of carbonyl (C=O) groups excluding carboxylic acids is 2. The Morgan fingerprint density at radius 2 is 1.07 bits per heavy atom. The number of hydrogen-bond donors (Lipinski definition) is 4. The van der Waals surface area contributed by atoms with Crippen molar-refractivity contribution in [3.63, 3.8) is 0 Å². The van der Waals surface area contributed by atoms with Gasteiger partial charge in [0.2, 0.25) is 0 Å². The maximum atomic E-state index is 12.9. The first-order valence-corrected chi connectivity index (χ1v) is 8.35. The molecule has 0 amide bonds. The Morgan fingerprint density at radius 3 is 1.36 bits per heavy atom. The monoisotopic (exact) mass is 384 g/mol. The second kappa shape index (κ2) is 6.49. The zero-order valence-corrected chi connectivity index (χ0v) is 14.9. The van der Waals surface area contributed by atoms with Gasteiger partial charge in [-0.1, -0.05) is 24.3 Å². The normalized spacial score (nSPS) is 14.8. The second-order valence-corrected chi connectivity index (χ2v) is 6.60. The molecule has 3 rings (SSSR count). The van der Waals surface area contributed by atoms with Gasteiger partial charge in [-0.25, -0.2) is 0 Å². The zero-order chi connectivity index (χ0) is 20.9.